The van der Waals surface area contributed by atoms with Crippen LogP contribution in [-0.2, 0) is 11.2 Å². The molecule has 1 aromatic heterocycles. The largest absolute Gasteiger partial charge is 0.392 e. The van der Waals surface area contributed by atoms with E-state index in [9.17, 15) is 14.3 Å². The number of amides is 1. The number of hydrogen-bond acceptors (Lipinski definition) is 5. The number of carbonyl (C=O) groups is 1. The van der Waals surface area contributed by atoms with Gasteiger partial charge in [0.25, 0.3) is 0 Å². The highest BCUT2D eigenvalue weighted by Gasteiger charge is 2.54. The van der Waals surface area contributed by atoms with Crippen molar-refractivity contribution in [2.75, 3.05) is 18.9 Å². The number of hydrogen-bond donors (Lipinski definition) is 2. The third-order valence-electron chi connectivity index (χ3n) is 7.75. The van der Waals surface area contributed by atoms with Gasteiger partial charge in [0.1, 0.15) is 5.82 Å². The predicted molar refractivity (Wildman–Crippen MR) is 130 cm³/mol. The summed E-state index contributed by atoms with van der Waals surface area (Å²) in [4.78, 5) is 20.6. The molecule has 2 N–H and O–H groups in total. The molecule has 2 aliphatic rings. The number of thiazole rings is 1. The fraction of sp³-hybridized carbons (Fsp3) is 0.538. The summed E-state index contributed by atoms with van der Waals surface area (Å²) in [6.07, 6.45) is 7.43. The van der Waals surface area contributed by atoms with Crippen molar-refractivity contribution in [2.24, 2.45) is 23.2 Å². The van der Waals surface area contributed by atoms with Crippen LogP contribution >= 0.6 is 11.3 Å². The lowest BCUT2D eigenvalue weighted by Gasteiger charge is -2.53. The van der Waals surface area contributed by atoms with E-state index < -0.39 is 6.10 Å². The molecular weight excluding hydrogens is 437 g/mol. The first-order valence-corrected chi connectivity index (χ1v) is 12.3. The summed E-state index contributed by atoms with van der Waals surface area (Å²) in [6, 6.07) is 6.25. The number of anilines is 2. The number of aliphatic hydroxyl groups is 1. The topological polar surface area (TPSA) is 65.5 Å². The van der Waals surface area contributed by atoms with E-state index in [1.807, 2.05) is 6.92 Å². The highest BCUT2D eigenvalue weighted by atomic mass is 32.1. The summed E-state index contributed by atoms with van der Waals surface area (Å²) >= 11 is 1.64. The van der Waals surface area contributed by atoms with E-state index in [4.69, 9.17) is 11.4 Å². The number of carbonyl (C=O) groups excluding carboxylic acids is 1. The Labute approximate surface area is 199 Å². The maximum absolute atomic E-state index is 13.2. The zero-order valence-electron chi connectivity index (χ0n) is 19.6. The number of fused-ring (bicyclic) bond motifs is 2. The van der Waals surface area contributed by atoms with Gasteiger partial charge in [-0.15, -0.1) is 17.8 Å². The molecular formula is C26H32FN3O2S. The van der Waals surface area contributed by atoms with E-state index in [0.29, 0.717) is 0 Å². The van der Waals surface area contributed by atoms with Crippen molar-refractivity contribution in [1.82, 2.24) is 9.88 Å². The van der Waals surface area contributed by atoms with E-state index in [0.717, 1.165) is 35.8 Å². The fourth-order valence-corrected chi connectivity index (χ4v) is 7.29. The minimum Gasteiger partial charge on any atom is -0.392 e. The second-order valence-electron chi connectivity index (χ2n) is 9.98. The molecule has 2 aromatic rings. The van der Waals surface area contributed by atoms with E-state index in [1.54, 1.807) is 35.4 Å². The van der Waals surface area contributed by atoms with Crippen molar-refractivity contribution in [3.05, 3.63) is 40.7 Å². The SMILES string of the molecule is C#CCN(C)C(=O)C(C)C1CCC2(C)Cc3sc(Nc4ccc(F)cc4)nc3C(C)C2C1O. The summed E-state index contributed by atoms with van der Waals surface area (Å²) in [5.41, 5.74) is 1.77. The number of rotatable bonds is 5. The third kappa shape index (κ3) is 4.39. The van der Waals surface area contributed by atoms with Crippen LogP contribution in [0, 0.1) is 41.3 Å². The Bertz CT molecular complexity index is 1060. The average Bonchev–Trinajstić information content (AvgIpc) is 3.16. The molecule has 0 bridgehead atoms. The zero-order chi connectivity index (χ0) is 23.9. The first-order valence-electron chi connectivity index (χ1n) is 11.5. The van der Waals surface area contributed by atoms with Crippen molar-refractivity contribution in [2.45, 2.75) is 52.1 Å². The molecule has 4 rings (SSSR count). The Morgan fingerprint density at radius 3 is 2.82 bits per heavy atom. The standard InChI is InChI=1S/C26H32FN3O2S/c1-6-13-30(5)24(32)15(2)19-11-12-26(4)14-20-22(16(3)21(26)23(19)31)29-25(33-20)28-18-9-7-17(27)8-10-18/h1,7-10,15-16,19,21,23,31H,11-14H2,2-5H3,(H,28,29). The average molecular weight is 470 g/mol. The molecule has 0 radical (unpaired) electrons. The minimum absolute atomic E-state index is 0.0100. The van der Waals surface area contributed by atoms with Gasteiger partial charge < -0.3 is 15.3 Å². The molecule has 1 saturated carbocycles. The Morgan fingerprint density at radius 1 is 1.45 bits per heavy atom. The Balaban J connectivity index is 1.56. The van der Waals surface area contributed by atoms with E-state index >= 15 is 0 Å². The van der Waals surface area contributed by atoms with Gasteiger partial charge in [0.05, 0.1) is 18.3 Å². The van der Waals surface area contributed by atoms with Gasteiger partial charge in [-0.2, -0.15) is 0 Å². The van der Waals surface area contributed by atoms with Crippen molar-refractivity contribution in [3.63, 3.8) is 0 Å². The van der Waals surface area contributed by atoms with Gasteiger partial charge in [0.15, 0.2) is 5.13 Å². The number of nitrogens with one attached hydrogen (secondary N) is 1. The van der Waals surface area contributed by atoms with Crippen molar-refractivity contribution >= 4 is 28.1 Å². The minimum atomic E-state index is -0.583. The molecule has 5 nitrogen and oxygen atoms in total. The molecule has 1 heterocycles. The van der Waals surface area contributed by atoms with Crippen LogP contribution in [-0.4, -0.2) is 40.6 Å². The quantitative estimate of drug-likeness (QED) is 0.617. The number of halogens is 1. The number of terminal acetylenes is 1. The highest BCUT2D eigenvalue weighted by Crippen LogP contribution is 2.57. The van der Waals surface area contributed by atoms with Crippen LogP contribution in [0.5, 0.6) is 0 Å². The summed E-state index contributed by atoms with van der Waals surface area (Å²) in [7, 11) is 1.72. The Morgan fingerprint density at radius 2 is 2.15 bits per heavy atom. The van der Waals surface area contributed by atoms with Crippen LogP contribution in [0.4, 0.5) is 15.2 Å². The molecule has 33 heavy (non-hydrogen) atoms. The fourth-order valence-electron chi connectivity index (χ4n) is 6.00. The van der Waals surface area contributed by atoms with E-state index in [-0.39, 0.29) is 47.4 Å². The van der Waals surface area contributed by atoms with Crippen molar-refractivity contribution < 1.29 is 14.3 Å². The lowest BCUT2D eigenvalue weighted by molar-refractivity contribution is -0.142. The predicted octanol–water partition coefficient (Wildman–Crippen LogP) is 4.81. The molecule has 1 amide bonds. The molecule has 0 spiro atoms. The zero-order valence-corrected chi connectivity index (χ0v) is 20.5. The van der Waals surface area contributed by atoms with Gasteiger partial charge in [-0.1, -0.05) is 26.7 Å². The lowest BCUT2D eigenvalue weighted by Crippen LogP contribution is -2.53. The van der Waals surface area contributed by atoms with Gasteiger partial charge in [0, 0.05) is 29.4 Å². The van der Waals surface area contributed by atoms with E-state index in [1.165, 1.54) is 17.0 Å². The number of benzene rings is 1. The molecule has 1 fully saturated rings. The first kappa shape index (κ1) is 23.7. The van der Waals surface area contributed by atoms with Crippen LogP contribution in [0.3, 0.4) is 0 Å². The Kier molecular flexibility index (Phi) is 6.52. The van der Waals surface area contributed by atoms with Crippen LogP contribution in [0.15, 0.2) is 24.3 Å². The van der Waals surface area contributed by atoms with Gasteiger partial charge >= 0.3 is 0 Å². The molecule has 176 valence electrons. The maximum atomic E-state index is 13.2. The summed E-state index contributed by atoms with van der Waals surface area (Å²) in [5.74, 6) is 1.94. The Hall–Kier alpha value is -2.43. The third-order valence-corrected chi connectivity index (χ3v) is 8.74. The van der Waals surface area contributed by atoms with Crippen molar-refractivity contribution in [1.29, 1.82) is 0 Å². The second-order valence-corrected chi connectivity index (χ2v) is 11.1. The molecule has 2 aliphatic carbocycles. The molecule has 6 unspecified atom stereocenters. The molecule has 0 saturated heterocycles. The summed E-state index contributed by atoms with van der Waals surface area (Å²) in [5, 5.41) is 15.6. The normalized spacial score (nSPS) is 29.4. The van der Waals surface area contributed by atoms with Crippen LogP contribution in [0.1, 0.15) is 50.1 Å². The van der Waals surface area contributed by atoms with Crippen LogP contribution < -0.4 is 5.32 Å². The van der Waals surface area contributed by atoms with Gasteiger partial charge in [0.2, 0.25) is 5.91 Å². The number of nitrogens with zero attached hydrogens (tertiary/aromatic N) is 2. The molecule has 6 atom stereocenters. The summed E-state index contributed by atoms with van der Waals surface area (Å²) < 4.78 is 13.2. The van der Waals surface area contributed by atoms with Crippen molar-refractivity contribution in [3.8, 4) is 12.3 Å². The van der Waals surface area contributed by atoms with Gasteiger partial charge in [-0.3, -0.25) is 4.79 Å². The molecule has 0 aliphatic heterocycles. The number of aliphatic hydroxyl groups excluding tert-OH is 1. The molecule has 1 aromatic carbocycles. The highest BCUT2D eigenvalue weighted by molar-refractivity contribution is 7.15. The number of aromatic nitrogens is 1. The van der Waals surface area contributed by atoms with Gasteiger partial charge in [-0.25, -0.2) is 9.37 Å². The molecule has 7 heteroatoms. The van der Waals surface area contributed by atoms with Crippen LogP contribution in [0.2, 0.25) is 0 Å². The lowest BCUT2D eigenvalue weighted by atomic mass is 9.53. The second kappa shape index (κ2) is 9.08. The van der Waals surface area contributed by atoms with Gasteiger partial charge in [-0.05, 0) is 60.8 Å². The summed E-state index contributed by atoms with van der Waals surface area (Å²) in [6.45, 7) is 6.60. The smallest absolute Gasteiger partial charge is 0.226 e. The first-order chi connectivity index (χ1) is 15.6. The van der Waals surface area contributed by atoms with E-state index in [2.05, 4.69) is 25.1 Å². The monoisotopic (exact) mass is 469 g/mol. The maximum Gasteiger partial charge on any atom is 0.226 e. The van der Waals surface area contributed by atoms with Crippen LogP contribution in [0.25, 0.3) is 0 Å².